The quantitative estimate of drug-likeness (QED) is 0.184. The molecule has 0 radical (unpaired) electrons. The van der Waals surface area contributed by atoms with E-state index in [1.54, 1.807) is 0 Å². The van der Waals surface area contributed by atoms with Crippen LogP contribution in [0, 0.1) is 11.3 Å². The van der Waals surface area contributed by atoms with Crippen molar-refractivity contribution in [2.45, 2.75) is 0 Å². The molecule has 0 unspecified atom stereocenters. The summed E-state index contributed by atoms with van der Waals surface area (Å²) < 4.78 is 4.68. The van der Waals surface area contributed by atoms with Crippen LogP contribution in [0.2, 0.25) is 0 Å². The average molecular weight is 664 g/mol. The van der Waals surface area contributed by atoms with E-state index in [9.17, 15) is 5.26 Å². The molecule has 0 saturated heterocycles. The Hall–Kier alpha value is -7.29. The molecule has 0 amide bonds. The van der Waals surface area contributed by atoms with Crippen LogP contribution >= 0.6 is 0 Å². The minimum absolute atomic E-state index is 0.608. The fourth-order valence-electron chi connectivity index (χ4n) is 7.64. The van der Waals surface area contributed by atoms with Gasteiger partial charge in [0.15, 0.2) is 0 Å². The molecule has 0 bridgehead atoms. The fourth-order valence-corrected chi connectivity index (χ4v) is 7.64. The second-order valence-electron chi connectivity index (χ2n) is 13.0. The summed E-state index contributed by atoms with van der Waals surface area (Å²) in [5.74, 6) is 0. The lowest BCUT2D eigenvalue weighted by atomic mass is 9.99. The Kier molecular flexibility index (Phi) is 6.80. The third-order valence-corrected chi connectivity index (χ3v) is 9.98. The lowest BCUT2D eigenvalue weighted by molar-refractivity contribution is 1.14. The Balaban J connectivity index is 1.19. The number of rotatable bonds is 5. The zero-order valence-corrected chi connectivity index (χ0v) is 28.0. The number of pyridine rings is 2. The van der Waals surface area contributed by atoms with E-state index < -0.39 is 0 Å². The topological polar surface area (TPSA) is 59.4 Å². The summed E-state index contributed by atoms with van der Waals surface area (Å²) in [6.07, 6.45) is 1.88. The van der Waals surface area contributed by atoms with E-state index in [1.807, 2.05) is 54.7 Å². The standard InChI is InChI=1S/C47H29N5/c48-30-31-11-9-14-34(27-31)42-29-35(28-41(50-42)33-12-3-1-4-13-33)32-20-22-37(23-21-32)52-46-38(39-18-10-26-49-47(39)52)24-25-44-45(46)40-17-7-8-19-43(40)51(44)36-15-5-2-6-16-36/h1-29H. The fraction of sp³-hybridized carbons (Fsp3) is 0. The minimum atomic E-state index is 0.608. The summed E-state index contributed by atoms with van der Waals surface area (Å²) in [6, 6.07) is 61.1. The number of benzene rings is 6. The molecule has 5 heteroatoms. The average Bonchev–Trinajstić information content (AvgIpc) is 3.74. The molecule has 0 aliphatic carbocycles. The maximum Gasteiger partial charge on any atom is 0.145 e. The smallest absolute Gasteiger partial charge is 0.145 e. The second-order valence-corrected chi connectivity index (χ2v) is 13.0. The molecule has 5 nitrogen and oxygen atoms in total. The normalized spacial score (nSPS) is 11.4. The predicted octanol–water partition coefficient (Wildman–Crippen LogP) is 11.5. The van der Waals surface area contributed by atoms with Gasteiger partial charge in [-0.25, -0.2) is 9.97 Å². The number of para-hydroxylation sites is 2. The third kappa shape index (κ3) is 4.70. The summed E-state index contributed by atoms with van der Waals surface area (Å²) >= 11 is 0. The Labute approximate surface area is 299 Å². The molecular formula is C47H29N5. The molecule has 4 aromatic heterocycles. The van der Waals surface area contributed by atoms with Crippen LogP contribution in [0.25, 0.3) is 88.8 Å². The molecular weight excluding hydrogens is 635 g/mol. The molecule has 0 saturated carbocycles. The van der Waals surface area contributed by atoms with E-state index in [1.165, 1.54) is 21.7 Å². The summed E-state index contributed by atoms with van der Waals surface area (Å²) in [5, 5.41) is 14.3. The molecule has 0 aliphatic rings. The lowest BCUT2D eigenvalue weighted by Crippen LogP contribution is -1.97. The van der Waals surface area contributed by atoms with E-state index in [4.69, 9.17) is 9.97 Å². The van der Waals surface area contributed by atoms with Gasteiger partial charge in [-0.2, -0.15) is 5.26 Å². The van der Waals surface area contributed by atoms with Crippen molar-refractivity contribution >= 4 is 43.7 Å². The van der Waals surface area contributed by atoms with Crippen LogP contribution in [0.1, 0.15) is 5.56 Å². The first kappa shape index (κ1) is 29.6. The van der Waals surface area contributed by atoms with Crippen LogP contribution in [-0.2, 0) is 0 Å². The largest absolute Gasteiger partial charge is 0.309 e. The number of fused-ring (bicyclic) bond motifs is 7. The highest BCUT2D eigenvalue weighted by molar-refractivity contribution is 6.25. The Bertz CT molecular complexity index is 3000. The van der Waals surface area contributed by atoms with Crippen molar-refractivity contribution in [2.75, 3.05) is 0 Å². The third-order valence-electron chi connectivity index (χ3n) is 9.98. The molecule has 0 aliphatic heterocycles. The van der Waals surface area contributed by atoms with Crippen molar-refractivity contribution in [3.8, 4) is 51.1 Å². The van der Waals surface area contributed by atoms with Gasteiger partial charge in [0.05, 0.1) is 39.6 Å². The zero-order chi connectivity index (χ0) is 34.6. The van der Waals surface area contributed by atoms with Gasteiger partial charge in [0.25, 0.3) is 0 Å². The van der Waals surface area contributed by atoms with Crippen molar-refractivity contribution in [1.82, 2.24) is 19.1 Å². The van der Waals surface area contributed by atoms with Crippen molar-refractivity contribution in [3.05, 3.63) is 182 Å². The maximum atomic E-state index is 9.60. The van der Waals surface area contributed by atoms with Gasteiger partial charge in [-0.1, -0.05) is 97.1 Å². The van der Waals surface area contributed by atoms with Gasteiger partial charge in [0.1, 0.15) is 5.65 Å². The summed E-state index contributed by atoms with van der Waals surface area (Å²) in [7, 11) is 0. The van der Waals surface area contributed by atoms with Crippen LogP contribution in [0.3, 0.4) is 0 Å². The van der Waals surface area contributed by atoms with Gasteiger partial charge in [-0.15, -0.1) is 0 Å². The van der Waals surface area contributed by atoms with E-state index in [-0.39, 0.29) is 0 Å². The molecule has 6 aromatic carbocycles. The molecule has 10 rings (SSSR count). The zero-order valence-electron chi connectivity index (χ0n) is 28.0. The van der Waals surface area contributed by atoms with Crippen LogP contribution < -0.4 is 0 Å². The van der Waals surface area contributed by atoms with Crippen molar-refractivity contribution < 1.29 is 0 Å². The molecule has 0 N–H and O–H groups in total. The predicted molar refractivity (Wildman–Crippen MR) is 212 cm³/mol. The van der Waals surface area contributed by atoms with Gasteiger partial charge in [-0.05, 0) is 83.9 Å². The van der Waals surface area contributed by atoms with Crippen molar-refractivity contribution in [1.29, 1.82) is 5.26 Å². The monoisotopic (exact) mass is 663 g/mol. The van der Waals surface area contributed by atoms with Crippen LogP contribution in [0.4, 0.5) is 0 Å². The van der Waals surface area contributed by atoms with E-state index in [0.717, 1.165) is 67.1 Å². The Morgan fingerprint density at radius 1 is 0.462 bits per heavy atom. The number of hydrogen-bond donors (Lipinski definition) is 0. The highest BCUT2D eigenvalue weighted by atomic mass is 15.1. The summed E-state index contributed by atoms with van der Waals surface area (Å²) in [4.78, 5) is 10.0. The van der Waals surface area contributed by atoms with Crippen LogP contribution in [0.15, 0.2) is 176 Å². The van der Waals surface area contributed by atoms with E-state index in [2.05, 4.69) is 137 Å². The first-order chi connectivity index (χ1) is 25.7. The van der Waals surface area contributed by atoms with Crippen LogP contribution in [-0.4, -0.2) is 19.1 Å². The van der Waals surface area contributed by atoms with Crippen molar-refractivity contribution in [2.24, 2.45) is 0 Å². The molecule has 10 aromatic rings. The first-order valence-electron chi connectivity index (χ1n) is 17.3. The molecule has 0 atom stereocenters. The van der Waals surface area contributed by atoms with Gasteiger partial charge in [0, 0.05) is 50.2 Å². The second kappa shape index (κ2) is 11.9. The number of aromatic nitrogens is 4. The molecule has 0 fully saturated rings. The van der Waals surface area contributed by atoms with Gasteiger partial charge < -0.3 is 4.57 Å². The molecule has 52 heavy (non-hydrogen) atoms. The van der Waals surface area contributed by atoms with Gasteiger partial charge in [0.2, 0.25) is 0 Å². The highest BCUT2D eigenvalue weighted by Gasteiger charge is 2.21. The van der Waals surface area contributed by atoms with Gasteiger partial charge >= 0.3 is 0 Å². The molecule has 0 spiro atoms. The van der Waals surface area contributed by atoms with Gasteiger partial charge in [-0.3, -0.25) is 4.57 Å². The highest BCUT2D eigenvalue weighted by Crippen LogP contribution is 2.42. The van der Waals surface area contributed by atoms with E-state index >= 15 is 0 Å². The van der Waals surface area contributed by atoms with Crippen molar-refractivity contribution in [3.63, 3.8) is 0 Å². The minimum Gasteiger partial charge on any atom is -0.309 e. The Morgan fingerprint density at radius 3 is 1.96 bits per heavy atom. The van der Waals surface area contributed by atoms with Crippen LogP contribution in [0.5, 0.6) is 0 Å². The maximum absolute atomic E-state index is 9.60. The Morgan fingerprint density at radius 2 is 1.15 bits per heavy atom. The summed E-state index contributed by atoms with van der Waals surface area (Å²) in [5.41, 5.74) is 12.9. The number of hydrogen-bond acceptors (Lipinski definition) is 3. The molecule has 4 heterocycles. The first-order valence-corrected chi connectivity index (χ1v) is 17.3. The molecule has 242 valence electrons. The summed E-state index contributed by atoms with van der Waals surface area (Å²) in [6.45, 7) is 0. The number of nitrogens with zero attached hydrogens (tertiary/aromatic N) is 5. The van der Waals surface area contributed by atoms with E-state index in [0.29, 0.717) is 5.56 Å². The number of nitriles is 1. The lowest BCUT2D eigenvalue weighted by Gasteiger charge is -2.12. The SMILES string of the molecule is N#Cc1cccc(-c2cc(-c3ccc(-n4c5ncccc5c5ccc6c(c7ccccc7n6-c6ccccc6)c54)cc3)cc(-c3ccccc3)n2)c1.